The van der Waals surface area contributed by atoms with Crippen LogP contribution in [0, 0.1) is 0 Å². The molecule has 0 saturated carbocycles. The Morgan fingerprint density at radius 1 is 1.28 bits per heavy atom. The molecule has 18 heavy (non-hydrogen) atoms. The molecular weight excluding hydrogens is 264 g/mol. The maximum absolute atomic E-state index is 6.12. The maximum atomic E-state index is 6.12. The molecule has 0 fully saturated rings. The predicted octanol–water partition coefficient (Wildman–Crippen LogP) is 4.46. The van der Waals surface area contributed by atoms with Crippen molar-refractivity contribution in [3.8, 4) is 0 Å². The Hall–Kier alpha value is -1.19. The van der Waals surface area contributed by atoms with Crippen molar-refractivity contribution in [1.82, 2.24) is 4.98 Å². The maximum Gasteiger partial charge on any atom is 0.0541 e. The molecule has 0 atom stereocenters. The van der Waals surface area contributed by atoms with Crippen LogP contribution in [0.2, 0.25) is 5.02 Å². The summed E-state index contributed by atoms with van der Waals surface area (Å²) in [5.74, 6) is 0.822. The van der Waals surface area contributed by atoms with Crippen LogP contribution in [0.25, 0.3) is 0 Å². The minimum absolute atomic E-state index is 0.797. The number of hydrogen-bond acceptors (Lipinski definition) is 3. The van der Waals surface area contributed by atoms with Crippen molar-refractivity contribution in [2.45, 2.75) is 17.6 Å². The zero-order chi connectivity index (χ0) is 12.8. The fourth-order valence-electron chi connectivity index (χ4n) is 1.58. The number of pyridine rings is 1. The van der Waals surface area contributed by atoms with E-state index in [1.807, 2.05) is 36.5 Å². The first-order chi connectivity index (χ1) is 8.79. The number of anilines is 1. The van der Waals surface area contributed by atoms with Crippen molar-refractivity contribution >= 4 is 29.1 Å². The second kappa shape index (κ2) is 6.66. The summed E-state index contributed by atoms with van der Waals surface area (Å²) < 4.78 is 0. The van der Waals surface area contributed by atoms with Gasteiger partial charge in [-0.25, -0.2) is 0 Å². The van der Waals surface area contributed by atoms with Crippen LogP contribution < -0.4 is 5.32 Å². The third kappa shape index (κ3) is 3.65. The first-order valence-corrected chi connectivity index (χ1v) is 7.22. The molecule has 1 aromatic carbocycles. The highest BCUT2D eigenvalue weighted by molar-refractivity contribution is 7.98. The second-order valence-electron chi connectivity index (χ2n) is 3.79. The van der Waals surface area contributed by atoms with Gasteiger partial charge in [-0.1, -0.05) is 23.7 Å². The van der Waals surface area contributed by atoms with Gasteiger partial charge in [0.2, 0.25) is 0 Å². The van der Waals surface area contributed by atoms with Crippen molar-refractivity contribution in [3.63, 3.8) is 0 Å². The van der Waals surface area contributed by atoms with E-state index >= 15 is 0 Å². The van der Waals surface area contributed by atoms with Crippen LogP contribution in [0.3, 0.4) is 0 Å². The van der Waals surface area contributed by atoms with Crippen molar-refractivity contribution < 1.29 is 0 Å². The van der Waals surface area contributed by atoms with Gasteiger partial charge in [-0.15, -0.1) is 11.8 Å². The Balaban J connectivity index is 2.02. The first kappa shape index (κ1) is 13.2. The van der Waals surface area contributed by atoms with E-state index < -0.39 is 0 Å². The number of hydrogen-bond donors (Lipinski definition) is 1. The van der Waals surface area contributed by atoms with Crippen LogP contribution in [-0.4, -0.2) is 11.5 Å². The van der Waals surface area contributed by atoms with Gasteiger partial charge in [0.1, 0.15) is 0 Å². The normalized spacial score (nSPS) is 10.3. The van der Waals surface area contributed by atoms with Gasteiger partial charge in [0.25, 0.3) is 0 Å². The van der Waals surface area contributed by atoms with Crippen LogP contribution >= 0.6 is 23.4 Å². The molecule has 2 aromatic rings. The molecule has 0 aliphatic rings. The summed E-state index contributed by atoms with van der Waals surface area (Å²) >= 11 is 7.82. The number of nitrogens with zero attached hydrogens (tertiary/aromatic N) is 1. The summed E-state index contributed by atoms with van der Waals surface area (Å²) in [6.07, 6.45) is 1.83. The highest BCUT2D eigenvalue weighted by atomic mass is 35.5. The quantitative estimate of drug-likeness (QED) is 0.818. The molecule has 1 N–H and O–H groups in total. The number of rotatable bonds is 5. The van der Waals surface area contributed by atoms with Crippen LogP contribution in [0.4, 0.5) is 5.69 Å². The summed E-state index contributed by atoms with van der Waals surface area (Å²) in [6, 6.07) is 11.9. The third-order valence-electron chi connectivity index (χ3n) is 2.41. The molecule has 0 aliphatic heterocycles. The van der Waals surface area contributed by atoms with E-state index in [0.717, 1.165) is 33.6 Å². The number of nitrogens with one attached hydrogen (secondary N) is 1. The lowest BCUT2D eigenvalue weighted by Crippen LogP contribution is -1.97. The molecule has 0 spiro atoms. The summed E-state index contributed by atoms with van der Waals surface area (Å²) in [7, 11) is 0. The fraction of sp³-hybridized carbons (Fsp3) is 0.214. The predicted molar refractivity (Wildman–Crippen MR) is 79.4 cm³/mol. The molecule has 2 nitrogen and oxygen atoms in total. The van der Waals surface area contributed by atoms with E-state index in [1.54, 1.807) is 11.8 Å². The molecule has 0 bridgehead atoms. The van der Waals surface area contributed by atoms with E-state index in [9.17, 15) is 0 Å². The number of thioether (sulfide) groups is 1. The standard InChI is InChI=1S/C14H15ClN2S/c1-2-16-11-7-8-17-12(9-11)10-18-14-6-4-3-5-13(14)15/h3-9H,2,10H2,1H3,(H,16,17). The molecule has 1 aromatic heterocycles. The lowest BCUT2D eigenvalue weighted by atomic mass is 10.3. The van der Waals surface area contributed by atoms with Gasteiger partial charge >= 0.3 is 0 Å². The van der Waals surface area contributed by atoms with Gasteiger partial charge in [-0.05, 0) is 31.2 Å². The lowest BCUT2D eigenvalue weighted by molar-refractivity contribution is 1.15. The van der Waals surface area contributed by atoms with E-state index in [2.05, 4.69) is 23.3 Å². The lowest BCUT2D eigenvalue weighted by Gasteiger charge is -2.06. The first-order valence-electron chi connectivity index (χ1n) is 5.85. The van der Waals surface area contributed by atoms with Crippen LogP contribution in [0.15, 0.2) is 47.5 Å². The highest BCUT2D eigenvalue weighted by Gasteiger charge is 2.02. The summed E-state index contributed by atoms with van der Waals surface area (Å²) in [4.78, 5) is 5.45. The van der Waals surface area contributed by atoms with Crippen molar-refractivity contribution in [2.75, 3.05) is 11.9 Å². The van der Waals surface area contributed by atoms with Gasteiger partial charge in [-0.3, -0.25) is 4.98 Å². The molecular formula is C14H15ClN2S. The van der Waals surface area contributed by atoms with Crippen LogP contribution in [-0.2, 0) is 5.75 Å². The Bertz CT molecular complexity index is 517. The molecule has 0 amide bonds. The Morgan fingerprint density at radius 3 is 2.89 bits per heavy atom. The molecule has 0 aliphatic carbocycles. The average molecular weight is 279 g/mol. The molecule has 0 saturated heterocycles. The van der Waals surface area contributed by atoms with Crippen LogP contribution in [0.5, 0.6) is 0 Å². The number of halogens is 1. The van der Waals surface area contributed by atoms with E-state index in [0.29, 0.717) is 0 Å². The summed E-state index contributed by atoms with van der Waals surface area (Å²) in [5, 5.41) is 4.08. The molecule has 1 heterocycles. The zero-order valence-corrected chi connectivity index (χ0v) is 11.8. The Kier molecular flexibility index (Phi) is 4.90. The van der Waals surface area contributed by atoms with Gasteiger partial charge in [-0.2, -0.15) is 0 Å². The smallest absolute Gasteiger partial charge is 0.0541 e. The Labute approximate surface area is 117 Å². The molecule has 0 radical (unpaired) electrons. The summed E-state index contributed by atoms with van der Waals surface area (Å²) in [6.45, 7) is 3.00. The van der Waals surface area contributed by atoms with Crippen molar-refractivity contribution in [2.24, 2.45) is 0 Å². The van der Waals surface area contributed by atoms with Gasteiger partial charge < -0.3 is 5.32 Å². The van der Waals surface area contributed by atoms with E-state index in [4.69, 9.17) is 11.6 Å². The molecule has 2 rings (SSSR count). The third-order valence-corrected chi connectivity index (χ3v) is 3.96. The van der Waals surface area contributed by atoms with E-state index in [-0.39, 0.29) is 0 Å². The molecule has 0 unspecified atom stereocenters. The Morgan fingerprint density at radius 2 is 2.11 bits per heavy atom. The van der Waals surface area contributed by atoms with Gasteiger partial charge in [0, 0.05) is 29.1 Å². The SMILES string of the molecule is CCNc1ccnc(CSc2ccccc2Cl)c1. The fourth-order valence-corrected chi connectivity index (χ4v) is 2.73. The number of aromatic nitrogens is 1. The molecule has 94 valence electrons. The summed E-state index contributed by atoms with van der Waals surface area (Å²) in [5.41, 5.74) is 2.17. The molecule has 4 heteroatoms. The topological polar surface area (TPSA) is 24.9 Å². The van der Waals surface area contributed by atoms with Crippen molar-refractivity contribution in [3.05, 3.63) is 53.3 Å². The minimum atomic E-state index is 0.797. The second-order valence-corrected chi connectivity index (χ2v) is 5.21. The van der Waals surface area contributed by atoms with Gasteiger partial charge in [0.15, 0.2) is 0 Å². The van der Waals surface area contributed by atoms with Gasteiger partial charge in [0.05, 0.1) is 10.7 Å². The zero-order valence-electron chi connectivity index (χ0n) is 10.2. The average Bonchev–Trinajstić information content (AvgIpc) is 2.39. The highest BCUT2D eigenvalue weighted by Crippen LogP contribution is 2.29. The monoisotopic (exact) mass is 278 g/mol. The van der Waals surface area contributed by atoms with Crippen molar-refractivity contribution in [1.29, 1.82) is 0 Å². The van der Waals surface area contributed by atoms with Crippen LogP contribution in [0.1, 0.15) is 12.6 Å². The van der Waals surface area contributed by atoms with E-state index in [1.165, 1.54) is 0 Å². The largest absolute Gasteiger partial charge is 0.385 e. The minimum Gasteiger partial charge on any atom is -0.385 e. The number of benzene rings is 1.